The maximum Gasteiger partial charge on any atom is 0.217 e. The van der Waals surface area contributed by atoms with Crippen molar-refractivity contribution in [2.24, 2.45) is 5.73 Å². The van der Waals surface area contributed by atoms with Gasteiger partial charge in [-0.25, -0.2) is 0 Å². The molecule has 0 radical (unpaired) electrons. The van der Waals surface area contributed by atoms with Crippen LogP contribution in [0.5, 0.6) is 0 Å². The molecular weight excluding hydrogens is 270 g/mol. The van der Waals surface area contributed by atoms with Crippen molar-refractivity contribution >= 4 is 16.9 Å². The summed E-state index contributed by atoms with van der Waals surface area (Å²) in [7, 11) is 0. The van der Waals surface area contributed by atoms with Crippen molar-refractivity contribution in [3.05, 3.63) is 48.6 Å². The van der Waals surface area contributed by atoms with Crippen LogP contribution in [0.4, 0.5) is 0 Å². The van der Waals surface area contributed by atoms with Crippen LogP contribution >= 0.6 is 0 Å². The van der Waals surface area contributed by atoms with E-state index >= 15 is 0 Å². The van der Waals surface area contributed by atoms with Gasteiger partial charge in [0.05, 0.1) is 12.5 Å². The Labute approximate surface area is 121 Å². The second-order valence-corrected chi connectivity index (χ2v) is 4.90. The van der Waals surface area contributed by atoms with Crippen molar-refractivity contribution in [1.29, 1.82) is 0 Å². The molecule has 1 aromatic carbocycles. The molecule has 108 valence electrons. The molecule has 0 saturated heterocycles. The van der Waals surface area contributed by atoms with E-state index in [1.165, 1.54) is 0 Å². The molecule has 2 aromatic heterocycles. The lowest BCUT2D eigenvalue weighted by Gasteiger charge is -2.04. The standard InChI is InChI=1S/C16H15NO4/c17-16(19)6-5-13(18)15-7-10(8-20-15)12-9-21-14-4-2-1-3-11(12)14/h1-4,7-9,13,18H,5-6H2,(H2,17,19). The molecule has 0 aliphatic rings. The molecule has 0 aliphatic heterocycles. The number of furan rings is 2. The summed E-state index contributed by atoms with van der Waals surface area (Å²) in [6.07, 6.45) is 2.75. The minimum Gasteiger partial charge on any atom is -0.466 e. The number of hydrogen-bond acceptors (Lipinski definition) is 4. The van der Waals surface area contributed by atoms with Gasteiger partial charge in [-0.15, -0.1) is 0 Å². The van der Waals surface area contributed by atoms with E-state index in [9.17, 15) is 9.90 Å². The number of carbonyl (C=O) groups excluding carboxylic acids is 1. The molecule has 1 unspecified atom stereocenters. The number of rotatable bonds is 5. The van der Waals surface area contributed by atoms with Crippen molar-refractivity contribution in [2.75, 3.05) is 0 Å². The Morgan fingerprint density at radius 2 is 2.05 bits per heavy atom. The normalized spacial score (nSPS) is 12.6. The Morgan fingerprint density at radius 3 is 2.86 bits per heavy atom. The van der Waals surface area contributed by atoms with Crippen molar-refractivity contribution in [3.8, 4) is 11.1 Å². The summed E-state index contributed by atoms with van der Waals surface area (Å²) >= 11 is 0. The highest BCUT2D eigenvalue weighted by Crippen LogP contribution is 2.33. The predicted molar refractivity (Wildman–Crippen MR) is 77.3 cm³/mol. The molecular formula is C16H15NO4. The number of para-hydroxylation sites is 1. The number of primary amides is 1. The average Bonchev–Trinajstić information content (AvgIpc) is 3.10. The zero-order valence-electron chi connectivity index (χ0n) is 11.3. The minimum absolute atomic E-state index is 0.117. The monoisotopic (exact) mass is 285 g/mol. The third-order valence-corrected chi connectivity index (χ3v) is 3.40. The first-order valence-electron chi connectivity index (χ1n) is 6.66. The lowest BCUT2D eigenvalue weighted by atomic mass is 10.1. The Balaban J connectivity index is 1.86. The highest BCUT2D eigenvalue weighted by molar-refractivity contribution is 5.93. The van der Waals surface area contributed by atoms with E-state index in [2.05, 4.69) is 0 Å². The van der Waals surface area contributed by atoms with Gasteiger partial charge in [-0.05, 0) is 18.6 Å². The highest BCUT2D eigenvalue weighted by atomic mass is 16.4. The van der Waals surface area contributed by atoms with Crippen LogP contribution in [0, 0.1) is 0 Å². The molecule has 5 heteroatoms. The van der Waals surface area contributed by atoms with Crippen LogP contribution in [-0.4, -0.2) is 11.0 Å². The van der Waals surface area contributed by atoms with E-state index in [0.29, 0.717) is 5.76 Å². The van der Waals surface area contributed by atoms with E-state index in [1.54, 1.807) is 18.6 Å². The first-order chi connectivity index (χ1) is 10.1. The lowest BCUT2D eigenvalue weighted by Crippen LogP contribution is -2.11. The summed E-state index contributed by atoms with van der Waals surface area (Å²) in [4.78, 5) is 10.7. The van der Waals surface area contributed by atoms with E-state index < -0.39 is 12.0 Å². The molecule has 21 heavy (non-hydrogen) atoms. The lowest BCUT2D eigenvalue weighted by molar-refractivity contribution is -0.118. The van der Waals surface area contributed by atoms with E-state index in [1.807, 2.05) is 24.3 Å². The third kappa shape index (κ3) is 2.68. The van der Waals surface area contributed by atoms with Crippen LogP contribution in [0.15, 0.2) is 51.7 Å². The Kier molecular flexibility index (Phi) is 3.50. The quantitative estimate of drug-likeness (QED) is 0.754. The smallest absolute Gasteiger partial charge is 0.217 e. The summed E-state index contributed by atoms with van der Waals surface area (Å²) < 4.78 is 10.9. The molecule has 0 spiro atoms. The maximum atomic E-state index is 10.7. The van der Waals surface area contributed by atoms with Gasteiger partial charge in [0, 0.05) is 22.9 Å². The summed E-state index contributed by atoms with van der Waals surface area (Å²) in [5.41, 5.74) is 7.60. The molecule has 0 fully saturated rings. The molecule has 3 rings (SSSR count). The molecule has 0 saturated carbocycles. The fourth-order valence-corrected chi connectivity index (χ4v) is 2.29. The largest absolute Gasteiger partial charge is 0.466 e. The molecule has 0 aliphatic carbocycles. The van der Waals surface area contributed by atoms with Gasteiger partial charge >= 0.3 is 0 Å². The first-order valence-corrected chi connectivity index (χ1v) is 6.66. The van der Waals surface area contributed by atoms with Gasteiger partial charge in [0.2, 0.25) is 5.91 Å². The predicted octanol–water partition coefficient (Wildman–Crippen LogP) is 2.99. The van der Waals surface area contributed by atoms with Gasteiger partial charge in [-0.1, -0.05) is 18.2 Å². The van der Waals surface area contributed by atoms with Crippen LogP contribution in [0.3, 0.4) is 0 Å². The van der Waals surface area contributed by atoms with Crippen LogP contribution in [0.1, 0.15) is 24.7 Å². The zero-order valence-corrected chi connectivity index (χ0v) is 11.3. The average molecular weight is 285 g/mol. The van der Waals surface area contributed by atoms with Gasteiger partial charge in [-0.2, -0.15) is 0 Å². The SMILES string of the molecule is NC(=O)CCC(O)c1cc(-c2coc3ccccc23)co1. The second kappa shape index (κ2) is 5.46. The fraction of sp³-hybridized carbons (Fsp3) is 0.188. The maximum absolute atomic E-state index is 10.7. The van der Waals surface area contributed by atoms with Crippen molar-refractivity contribution in [1.82, 2.24) is 0 Å². The first kappa shape index (κ1) is 13.5. The molecule has 5 nitrogen and oxygen atoms in total. The summed E-state index contributed by atoms with van der Waals surface area (Å²) in [6, 6.07) is 9.45. The Hall–Kier alpha value is -2.53. The number of aliphatic hydroxyl groups is 1. The highest BCUT2D eigenvalue weighted by Gasteiger charge is 2.16. The molecule has 3 N–H and O–H groups in total. The number of fused-ring (bicyclic) bond motifs is 1. The Bertz CT molecular complexity index is 771. The number of nitrogens with two attached hydrogens (primary N) is 1. The molecule has 1 atom stereocenters. The number of benzene rings is 1. The third-order valence-electron chi connectivity index (χ3n) is 3.40. The second-order valence-electron chi connectivity index (χ2n) is 4.90. The van der Waals surface area contributed by atoms with Crippen LogP contribution in [-0.2, 0) is 4.79 Å². The zero-order chi connectivity index (χ0) is 14.8. The van der Waals surface area contributed by atoms with Gasteiger partial charge in [-0.3, -0.25) is 4.79 Å². The van der Waals surface area contributed by atoms with Crippen LogP contribution in [0.25, 0.3) is 22.1 Å². The number of hydrogen-bond donors (Lipinski definition) is 2. The minimum atomic E-state index is -0.843. The number of aliphatic hydroxyl groups excluding tert-OH is 1. The molecule has 0 bridgehead atoms. The van der Waals surface area contributed by atoms with E-state index in [4.69, 9.17) is 14.6 Å². The number of amides is 1. The van der Waals surface area contributed by atoms with E-state index in [-0.39, 0.29) is 12.8 Å². The topological polar surface area (TPSA) is 89.6 Å². The van der Waals surface area contributed by atoms with Crippen molar-refractivity contribution < 1.29 is 18.7 Å². The van der Waals surface area contributed by atoms with Gasteiger partial charge in [0.1, 0.15) is 17.4 Å². The van der Waals surface area contributed by atoms with Gasteiger partial charge < -0.3 is 19.7 Å². The number of carbonyl (C=O) groups is 1. The summed E-state index contributed by atoms with van der Waals surface area (Å²) in [5.74, 6) is -0.0295. The van der Waals surface area contributed by atoms with Gasteiger partial charge in [0.15, 0.2) is 0 Å². The Morgan fingerprint density at radius 1 is 1.24 bits per heavy atom. The fourth-order valence-electron chi connectivity index (χ4n) is 2.29. The van der Waals surface area contributed by atoms with E-state index in [0.717, 1.165) is 22.1 Å². The van der Waals surface area contributed by atoms with Gasteiger partial charge in [0.25, 0.3) is 0 Å². The van der Waals surface area contributed by atoms with Crippen LogP contribution < -0.4 is 5.73 Å². The molecule has 1 amide bonds. The summed E-state index contributed by atoms with van der Waals surface area (Å²) in [6.45, 7) is 0. The van der Waals surface area contributed by atoms with Crippen molar-refractivity contribution in [2.45, 2.75) is 18.9 Å². The summed E-state index contributed by atoms with van der Waals surface area (Å²) in [5, 5.41) is 11.0. The molecule has 3 aromatic rings. The van der Waals surface area contributed by atoms with Crippen molar-refractivity contribution in [3.63, 3.8) is 0 Å². The molecule has 2 heterocycles. The van der Waals surface area contributed by atoms with Crippen LogP contribution in [0.2, 0.25) is 0 Å².